The van der Waals surface area contributed by atoms with Crippen LogP contribution in [-0.4, -0.2) is 6.61 Å². The first-order chi connectivity index (χ1) is 10.2. The lowest BCUT2D eigenvalue weighted by Gasteiger charge is -2.12. The Labute approximate surface area is 145 Å². The van der Waals surface area contributed by atoms with Crippen molar-refractivity contribution in [2.24, 2.45) is 0 Å². The van der Waals surface area contributed by atoms with Crippen molar-refractivity contribution in [3.63, 3.8) is 0 Å². The summed E-state index contributed by atoms with van der Waals surface area (Å²) in [5.74, 6) is 1.76. The van der Waals surface area contributed by atoms with E-state index in [0.29, 0.717) is 13.2 Å². The second kappa shape index (κ2) is 6.59. The van der Waals surface area contributed by atoms with Crippen LogP contribution in [0.5, 0.6) is 11.5 Å². The van der Waals surface area contributed by atoms with Gasteiger partial charge in [0, 0.05) is 26.8 Å². The molecule has 0 N–H and O–H groups in total. The zero-order valence-corrected chi connectivity index (χ0v) is 15.1. The molecule has 2 nitrogen and oxygen atoms in total. The van der Waals surface area contributed by atoms with E-state index in [4.69, 9.17) is 21.1 Å². The summed E-state index contributed by atoms with van der Waals surface area (Å²) in [7, 11) is 0. The Hall–Kier alpha value is -0.710. The molecular formula is C16H13Br2ClO2. The van der Waals surface area contributed by atoms with Crippen LogP contribution in [0.1, 0.15) is 16.7 Å². The first kappa shape index (κ1) is 15.2. The van der Waals surface area contributed by atoms with Gasteiger partial charge in [-0.15, -0.1) is 0 Å². The van der Waals surface area contributed by atoms with Crippen molar-refractivity contribution >= 4 is 43.5 Å². The quantitative estimate of drug-likeness (QED) is 0.593. The fraction of sp³-hybridized carbons (Fsp3) is 0.250. The molecule has 0 saturated carbocycles. The van der Waals surface area contributed by atoms with Crippen LogP contribution in [0.3, 0.4) is 0 Å². The molecule has 0 aromatic heterocycles. The number of halogens is 3. The SMILES string of the molecule is Clc1cc2c(c(COc3ccc(Br)c(CBr)c3)c1)OCC2. The van der Waals surface area contributed by atoms with Crippen molar-refractivity contribution < 1.29 is 9.47 Å². The van der Waals surface area contributed by atoms with Crippen LogP contribution in [0.25, 0.3) is 0 Å². The summed E-state index contributed by atoms with van der Waals surface area (Å²) in [6, 6.07) is 9.84. The third kappa shape index (κ3) is 3.38. The molecule has 1 heterocycles. The molecule has 0 radical (unpaired) electrons. The van der Waals surface area contributed by atoms with E-state index >= 15 is 0 Å². The van der Waals surface area contributed by atoms with Gasteiger partial charge in [0.15, 0.2) is 0 Å². The fourth-order valence-electron chi connectivity index (χ4n) is 2.36. The van der Waals surface area contributed by atoms with Gasteiger partial charge in [-0.3, -0.25) is 0 Å². The van der Waals surface area contributed by atoms with E-state index in [1.165, 1.54) is 0 Å². The fourth-order valence-corrected chi connectivity index (χ4v) is 3.85. The van der Waals surface area contributed by atoms with Crippen LogP contribution in [0, 0.1) is 0 Å². The highest BCUT2D eigenvalue weighted by atomic mass is 79.9. The van der Waals surface area contributed by atoms with Crippen molar-refractivity contribution in [2.75, 3.05) is 6.61 Å². The molecule has 2 aromatic carbocycles. The first-order valence-electron chi connectivity index (χ1n) is 6.58. The van der Waals surface area contributed by atoms with E-state index in [2.05, 4.69) is 31.9 Å². The molecule has 2 aromatic rings. The highest BCUT2D eigenvalue weighted by Crippen LogP contribution is 2.34. The lowest BCUT2D eigenvalue weighted by Crippen LogP contribution is -1.99. The van der Waals surface area contributed by atoms with Crippen LogP contribution in [0.2, 0.25) is 5.02 Å². The van der Waals surface area contributed by atoms with Crippen molar-refractivity contribution in [2.45, 2.75) is 18.4 Å². The van der Waals surface area contributed by atoms with Gasteiger partial charge in [-0.2, -0.15) is 0 Å². The molecule has 0 amide bonds. The van der Waals surface area contributed by atoms with Gasteiger partial charge in [0.1, 0.15) is 18.1 Å². The second-order valence-corrected chi connectivity index (χ2v) is 6.68. The average Bonchev–Trinajstić information content (AvgIpc) is 2.94. The standard InChI is InChI=1S/C16H13Br2ClO2/c17-8-11-7-14(1-2-15(11)18)21-9-12-6-13(19)5-10-3-4-20-16(10)12/h1-2,5-7H,3-4,8-9H2. The van der Waals surface area contributed by atoms with Gasteiger partial charge in [-0.1, -0.05) is 43.5 Å². The lowest BCUT2D eigenvalue weighted by atomic mass is 10.1. The van der Waals surface area contributed by atoms with Crippen molar-refractivity contribution in [3.8, 4) is 11.5 Å². The molecule has 110 valence electrons. The first-order valence-corrected chi connectivity index (χ1v) is 8.88. The van der Waals surface area contributed by atoms with Crippen LogP contribution in [0.15, 0.2) is 34.8 Å². The van der Waals surface area contributed by atoms with Gasteiger partial charge in [0.2, 0.25) is 0 Å². The lowest BCUT2D eigenvalue weighted by molar-refractivity contribution is 0.291. The van der Waals surface area contributed by atoms with E-state index in [9.17, 15) is 0 Å². The summed E-state index contributed by atoms with van der Waals surface area (Å²) in [6.45, 7) is 1.17. The summed E-state index contributed by atoms with van der Waals surface area (Å²) in [5, 5.41) is 1.51. The highest BCUT2D eigenvalue weighted by molar-refractivity contribution is 9.10. The maximum atomic E-state index is 6.16. The monoisotopic (exact) mass is 430 g/mol. The molecule has 0 bridgehead atoms. The summed E-state index contributed by atoms with van der Waals surface area (Å²) in [4.78, 5) is 0. The van der Waals surface area contributed by atoms with Crippen LogP contribution >= 0.6 is 43.5 Å². The summed E-state index contributed by atoms with van der Waals surface area (Å²) < 4.78 is 12.6. The summed E-state index contributed by atoms with van der Waals surface area (Å²) >= 11 is 13.1. The number of hydrogen-bond donors (Lipinski definition) is 0. The number of fused-ring (bicyclic) bond motifs is 1. The number of rotatable bonds is 4. The summed E-state index contributed by atoms with van der Waals surface area (Å²) in [5.41, 5.74) is 3.32. The average molecular weight is 433 g/mol. The minimum absolute atomic E-state index is 0.451. The number of benzene rings is 2. The Kier molecular flexibility index (Phi) is 4.77. The number of ether oxygens (including phenoxy) is 2. The predicted octanol–water partition coefficient (Wildman–Crippen LogP) is 5.51. The Balaban J connectivity index is 1.79. The van der Waals surface area contributed by atoms with Crippen LogP contribution in [-0.2, 0) is 18.4 Å². The van der Waals surface area contributed by atoms with E-state index in [1.807, 2.05) is 30.3 Å². The zero-order chi connectivity index (χ0) is 14.8. The molecule has 0 aliphatic carbocycles. The second-order valence-electron chi connectivity index (χ2n) is 4.83. The minimum atomic E-state index is 0.451. The maximum absolute atomic E-state index is 6.16. The van der Waals surface area contributed by atoms with E-state index in [0.717, 1.165) is 49.4 Å². The molecule has 0 spiro atoms. The largest absolute Gasteiger partial charge is 0.493 e. The van der Waals surface area contributed by atoms with E-state index < -0.39 is 0 Å². The normalized spacial score (nSPS) is 12.9. The van der Waals surface area contributed by atoms with Crippen LogP contribution < -0.4 is 9.47 Å². The topological polar surface area (TPSA) is 18.5 Å². The third-order valence-corrected chi connectivity index (χ3v) is 4.98. The molecule has 0 unspecified atom stereocenters. The molecule has 21 heavy (non-hydrogen) atoms. The Morgan fingerprint density at radius 2 is 2.05 bits per heavy atom. The maximum Gasteiger partial charge on any atom is 0.129 e. The molecule has 0 atom stereocenters. The molecule has 1 aliphatic heterocycles. The third-order valence-electron chi connectivity index (χ3n) is 3.38. The van der Waals surface area contributed by atoms with Gasteiger partial charge in [0.05, 0.1) is 6.61 Å². The molecule has 3 rings (SSSR count). The molecule has 5 heteroatoms. The molecule has 1 aliphatic rings. The Bertz CT molecular complexity index is 674. The summed E-state index contributed by atoms with van der Waals surface area (Å²) in [6.07, 6.45) is 0.912. The van der Waals surface area contributed by atoms with Gasteiger partial charge >= 0.3 is 0 Å². The molecular weight excluding hydrogens is 419 g/mol. The van der Waals surface area contributed by atoms with Gasteiger partial charge < -0.3 is 9.47 Å². The minimum Gasteiger partial charge on any atom is -0.493 e. The van der Waals surface area contributed by atoms with Gasteiger partial charge in [0.25, 0.3) is 0 Å². The van der Waals surface area contributed by atoms with Crippen molar-refractivity contribution in [1.82, 2.24) is 0 Å². The smallest absolute Gasteiger partial charge is 0.129 e. The van der Waals surface area contributed by atoms with Gasteiger partial charge in [-0.05, 0) is 41.5 Å². The van der Waals surface area contributed by atoms with Gasteiger partial charge in [-0.25, -0.2) is 0 Å². The van der Waals surface area contributed by atoms with Crippen molar-refractivity contribution in [1.29, 1.82) is 0 Å². The number of alkyl halides is 1. The van der Waals surface area contributed by atoms with E-state index in [1.54, 1.807) is 0 Å². The van der Waals surface area contributed by atoms with E-state index in [-0.39, 0.29) is 0 Å². The zero-order valence-electron chi connectivity index (χ0n) is 11.2. The highest BCUT2D eigenvalue weighted by Gasteiger charge is 2.18. The predicted molar refractivity (Wildman–Crippen MR) is 91.8 cm³/mol. The molecule has 0 fully saturated rings. The Morgan fingerprint density at radius 3 is 2.86 bits per heavy atom. The Morgan fingerprint density at radius 1 is 1.19 bits per heavy atom. The van der Waals surface area contributed by atoms with Crippen LogP contribution in [0.4, 0.5) is 0 Å². The molecule has 0 saturated heterocycles. The van der Waals surface area contributed by atoms with Crippen molar-refractivity contribution in [3.05, 3.63) is 56.5 Å². The number of hydrogen-bond acceptors (Lipinski definition) is 2.